The molecule has 0 radical (unpaired) electrons. The van der Waals surface area contributed by atoms with Crippen LogP contribution in [0.1, 0.15) is 21.7 Å². The zero-order chi connectivity index (χ0) is 19.6. The predicted octanol–water partition coefficient (Wildman–Crippen LogP) is 3.37. The number of sulfonamides is 1. The maximum absolute atomic E-state index is 12.7. The lowest BCUT2D eigenvalue weighted by molar-refractivity contribution is 0.102. The van der Waals surface area contributed by atoms with Gasteiger partial charge in [0.1, 0.15) is 5.76 Å². The van der Waals surface area contributed by atoms with Gasteiger partial charge in [0.05, 0.1) is 10.6 Å². The molecule has 0 aliphatic carbocycles. The zero-order valence-corrected chi connectivity index (χ0v) is 15.9. The normalized spacial score (nSPS) is 11.2. The van der Waals surface area contributed by atoms with Gasteiger partial charge in [0.2, 0.25) is 0 Å². The second-order valence-electron chi connectivity index (χ2n) is 6.11. The lowest BCUT2D eigenvalue weighted by Crippen LogP contribution is -2.26. The molecule has 1 amide bonds. The van der Waals surface area contributed by atoms with Gasteiger partial charge in [-0.1, -0.05) is 22.9 Å². The quantitative estimate of drug-likeness (QED) is 0.727. The number of carbonyl (C=O) groups excluding carboxylic acids is 1. The Morgan fingerprint density at radius 2 is 1.67 bits per heavy atom. The molecule has 140 valence electrons. The van der Waals surface area contributed by atoms with Crippen LogP contribution in [0, 0.1) is 13.8 Å². The molecule has 0 atom stereocenters. The van der Waals surface area contributed by atoms with Gasteiger partial charge in [-0.05, 0) is 50.2 Å². The molecular weight excluding hydrogens is 366 g/mol. The molecule has 3 rings (SSSR count). The Hall–Kier alpha value is -3.13. The Balaban J connectivity index is 1.77. The van der Waals surface area contributed by atoms with Gasteiger partial charge >= 0.3 is 0 Å². The topological polar surface area (TPSA) is 92.5 Å². The van der Waals surface area contributed by atoms with E-state index in [0.717, 1.165) is 5.56 Å². The number of aromatic nitrogens is 1. The molecule has 1 N–H and O–H groups in total. The molecular formula is C19H19N3O4S. The van der Waals surface area contributed by atoms with Crippen molar-refractivity contribution < 1.29 is 17.7 Å². The van der Waals surface area contributed by atoms with Gasteiger partial charge in [0.25, 0.3) is 15.9 Å². The molecule has 0 saturated carbocycles. The minimum Gasteiger partial charge on any atom is -0.360 e. The first-order chi connectivity index (χ1) is 12.8. The summed E-state index contributed by atoms with van der Waals surface area (Å²) in [6.07, 6.45) is 0. The number of amides is 1. The van der Waals surface area contributed by atoms with E-state index < -0.39 is 10.0 Å². The van der Waals surface area contributed by atoms with Crippen LogP contribution in [0.3, 0.4) is 0 Å². The van der Waals surface area contributed by atoms with Gasteiger partial charge in [-0.25, -0.2) is 8.42 Å². The number of anilines is 2. The van der Waals surface area contributed by atoms with Crippen LogP contribution in [-0.4, -0.2) is 26.5 Å². The lowest BCUT2D eigenvalue weighted by Gasteiger charge is -2.20. The summed E-state index contributed by atoms with van der Waals surface area (Å²) >= 11 is 0. The van der Waals surface area contributed by atoms with Crippen molar-refractivity contribution in [3.8, 4) is 0 Å². The molecule has 0 aliphatic heterocycles. The summed E-state index contributed by atoms with van der Waals surface area (Å²) in [5, 5.41) is 6.32. The molecule has 2 aromatic carbocycles. The van der Waals surface area contributed by atoms with Crippen LogP contribution in [0.2, 0.25) is 0 Å². The van der Waals surface area contributed by atoms with Crippen molar-refractivity contribution in [3.05, 3.63) is 71.5 Å². The summed E-state index contributed by atoms with van der Waals surface area (Å²) < 4.78 is 31.5. The fourth-order valence-electron chi connectivity index (χ4n) is 2.44. The molecule has 0 saturated heterocycles. The van der Waals surface area contributed by atoms with E-state index in [4.69, 9.17) is 4.52 Å². The van der Waals surface area contributed by atoms with Gasteiger partial charge < -0.3 is 9.84 Å². The first-order valence-electron chi connectivity index (χ1n) is 8.18. The maximum atomic E-state index is 12.7. The van der Waals surface area contributed by atoms with E-state index in [-0.39, 0.29) is 10.8 Å². The second-order valence-corrected chi connectivity index (χ2v) is 8.08. The summed E-state index contributed by atoms with van der Waals surface area (Å²) in [6.45, 7) is 3.62. The van der Waals surface area contributed by atoms with Crippen molar-refractivity contribution in [3.63, 3.8) is 0 Å². The van der Waals surface area contributed by atoms with Crippen LogP contribution >= 0.6 is 0 Å². The fourth-order valence-corrected chi connectivity index (χ4v) is 3.64. The van der Waals surface area contributed by atoms with E-state index in [1.165, 1.54) is 11.4 Å². The van der Waals surface area contributed by atoms with E-state index in [9.17, 15) is 13.2 Å². The molecule has 0 aliphatic rings. The van der Waals surface area contributed by atoms with Crippen molar-refractivity contribution in [2.45, 2.75) is 18.7 Å². The Kier molecular flexibility index (Phi) is 5.00. The number of benzene rings is 2. The molecule has 0 bridgehead atoms. The highest BCUT2D eigenvalue weighted by atomic mass is 32.2. The number of carbonyl (C=O) groups is 1. The molecule has 0 fully saturated rings. The molecule has 1 aromatic heterocycles. The molecule has 0 spiro atoms. The summed E-state index contributed by atoms with van der Waals surface area (Å²) in [4.78, 5) is 12.4. The largest absolute Gasteiger partial charge is 0.360 e. The van der Waals surface area contributed by atoms with Crippen molar-refractivity contribution >= 4 is 27.4 Å². The zero-order valence-electron chi connectivity index (χ0n) is 15.1. The standard InChI is InChI=1S/C19H19N3O4S/c1-13-4-10-17(11-5-13)27(24,25)22(3)16-8-6-15(7-9-16)19(23)20-18-12-14(2)26-21-18/h4-12H,1-3H3,(H,20,21,23). The molecule has 27 heavy (non-hydrogen) atoms. The highest BCUT2D eigenvalue weighted by Crippen LogP contribution is 2.23. The number of rotatable bonds is 5. The van der Waals surface area contributed by atoms with Crippen LogP contribution in [0.25, 0.3) is 0 Å². The lowest BCUT2D eigenvalue weighted by atomic mass is 10.2. The van der Waals surface area contributed by atoms with Gasteiger partial charge in [-0.3, -0.25) is 9.10 Å². The van der Waals surface area contributed by atoms with Crippen LogP contribution in [0.4, 0.5) is 11.5 Å². The first-order valence-corrected chi connectivity index (χ1v) is 9.62. The van der Waals surface area contributed by atoms with E-state index in [0.29, 0.717) is 22.8 Å². The highest BCUT2D eigenvalue weighted by Gasteiger charge is 2.21. The smallest absolute Gasteiger partial charge is 0.264 e. The number of nitrogens with zero attached hydrogens (tertiary/aromatic N) is 2. The minimum atomic E-state index is -3.68. The Morgan fingerprint density at radius 3 is 2.22 bits per heavy atom. The third-order valence-electron chi connectivity index (χ3n) is 4.04. The maximum Gasteiger partial charge on any atom is 0.264 e. The number of hydrogen-bond donors (Lipinski definition) is 1. The van der Waals surface area contributed by atoms with Crippen LogP contribution in [0.5, 0.6) is 0 Å². The monoisotopic (exact) mass is 385 g/mol. The van der Waals surface area contributed by atoms with Crippen LogP contribution in [-0.2, 0) is 10.0 Å². The van der Waals surface area contributed by atoms with E-state index in [2.05, 4.69) is 10.5 Å². The average Bonchev–Trinajstić information content (AvgIpc) is 3.06. The van der Waals surface area contributed by atoms with Gasteiger partial charge in [-0.2, -0.15) is 0 Å². The van der Waals surface area contributed by atoms with Gasteiger partial charge in [0.15, 0.2) is 5.82 Å². The van der Waals surface area contributed by atoms with Gasteiger partial charge in [0, 0.05) is 18.7 Å². The third-order valence-corrected chi connectivity index (χ3v) is 5.84. The highest BCUT2D eigenvalue weighted by molar-refractivity contribution is 7.92. The number of nitrogens with one attached hydrogen (secondary N) is 1. The molecule has 1 heterocycles. The third kappa shape index (κ3) is 4.01. The fraction of sp³-hybridized carbons (Fsp3) is 0.158. The molecule has 7 nitrogen and oxygen atoms in total. The van der Waals surface area contributed by atoms with Crippen molar-refractivity contribution in [1.29, 1.82) is 0 Å². The number of hydrogen-bond acceptors (Lipinski definition) is 5. The SMILES string of the molecule is Cc1ccc(S(=O)(=O)N(C)c2ccc(C(=O)Nc3cc(C)on3)cc2)cc1. The molecule has 3 aromatic rings. The Bertz CT molecular complexity index is 1060. The van der Waals surface area contributed by atoms with Crippen LogP contribution in [0.15, 0.2) is 64.0 Å². The summed E-state index contributed by atoms with van der Waals surface area (Å²) in [5.41, 5.74) is 1.80. The summed E-state index contributed by atoms with van der Waals surface area (Å²) in [5.74, 6) is 0.545. The predicted molar refractivity (Wildman–Crippen MR) is 102 cm³/mol. The van der Waals surface area contributed by atoms with E-state index in [1.807, 2.05) is 6.92 Å². The Morgan fingerprint density at radius 1 is 1.04 bits per heavy atom. The van der Waals surface area contributed by atoms with E-state index in [1.54, 1.807) is 61.5 Å². The summed E-state index contributed by atoms with van der Waals surface area (Å²) in [7, 11) is -2.20. The second kappa shape index (κ2) is 7.24. The molecule has 0 unspecified atom stereocenters. The molecule has 8 heteroatoms. The van der Waals surface area contributed by atoms with Crippen molar-refractivity contribution in [1.82, 2.24) is 5.16 Å². The minimum absolute atomic E-state index is 0.207. The van der Waals surface area contributed by atoms with Crippen LogP contribution < -0.4 is 9.62 Å². The Labute approximate surface area is 157 Å². The van der Waals surface area contributed by atoms with Gasteiger partial charge in [-0.15, -0.1) is 0 Å². The van der Waals surface area contributed by atoms with E-state index >= 15 is 0 Å². The first kappa shape index (κ1) is 18.7. The van der Waals surface area contributed by atoms with Crippen molar-refractivity contribution in [2.75, 3.05) is 16.7 Å². The number of aryl methyl sites for hydroxylation is 2. The average molecular weight is 385 g/mol. The summed E-state index contributed by atoms with van der Waals surface area (Å²) in [6, 6.07) is 14.5. The van der Waals surface area contributed by atoms with Crippen molar-refractivity contribution in [2.24, 2.45) is 0 Å².